The highest BCUT2D eigenvalue weighted by Gasteiger charge is 2.12. The number of benzene rings is 1. The predicted octanol–water partition coefficient (Wildman–Crippen LogP) is 3.45. The minimum absolute atomic E-state index is 0.0184. The van der Waals surface area contributed by atoms with E-state index in [1.807, 2.05) is 18.2 Å². The average molecular weight is 362 g/mol. The van der Waals surface area contributed by atoms with E-state index in [9.17, 15) is 9.59 Å². The van der Waals surface area contributed by atoms with Gasteiger partial charge >= 0.3 is 0 Å². The lowest BCUT2D eigenvalue weighted by Crippen LogP contribution is -2.28. The summed E-state index contributed by atoms with van der Waals surface area (Å²) in [5.41, 5.74) is 0.657. The Labute approximate surface area is 153 Å². The molecule has 0 aliphatic heterocycles. The number of hydrogen-bond acceptors (Lipinski definition) is 4. The summed E-state index contributed by atoms with van der Waals surface area (Å²) in [4.78, 5) is 29.4. The Morgan fingerprint density at radius 1 is 1.32 bits per heavy atom. The molecule has 0 radical (unpaired) electrons. The van der Waals surface area contributed by atoms with Gasteiger partial charge in [0, 0.05) is 13.1 Å². The van der Waals surface area contributed by atoms with Crippen LogP contribution in [0.25, 0.3) is 10.9 Å². The lowest BCUT2D eigenvalue weighted by atomic mass is 10.1. The highest BCUT2D eigenvalue weighted by atomic mass is 32.2. The van der Waals surface area contributed by atoms with Gasteiger partial charge in [0.05, 0.1) is 16.7 Å². The third-order valence-corrected chi connectivity index (χ3v) is 4.91. The van der Waals surface area contributed by atoms with E-state index in [0.717, 1.165) is 19.3 Å². The Morgan fingerprint density at radius 3 is 2.80 bits per heavy atom. The zero-order valence-electron chi connectivity index (χ0n) is 15.2. The highest BCUT2D eigenvalue weighted by molar-refractivity contribution is 7.99. The summed E-state index contributed by atoms with van der Waals surface area (Å²) in [7, 11) is 0. The van der Waals surface area contributed by atoms with Crippen LogP contribution >= 0.6 is 11.8 Å². The summed E-state index contributed by atoms with van der Waals surface area (Å²) >= 11 is 1.33. The van der Waals surface area contributed by atoms with Crippen molar-refractivity contribution < 1.29 is 4.79 Å². The number of amides is 1. The minimum Gasteiger partial charge on any atom is -0.355 e. The first-order valence-electron chi connectivity index (χ1n) is 8.92. The second-order valence-electron chi connectivity index (χ2n) is 6.54. The number of hydrogen-bond donors (Lipinski definition) is 1. The first-order valence-corrected chi connectivity index (χ1v) is 9.90. The third kappa shape index (κ3) is 5.59. The molecule has 0 aliphatic rings. The average Bonchev–Trinajstić information content (AvgIpc) is 2.59. The summed E-state index contributed by atoms with van der Waals surface area (Å²) in [6.07, 6.45) is 2.87. The van der Waals surface area contributed by atoms with Crippen molar-refractivity contribution >= 4 is 28.6 Å². The number of para-hydroxylation sites is 1. The molecule has 6 heteroatoms. The molecule has 136 valence electrons. The molecule has 1 amide bonds. The molecule has 5 nitrogen and oxygen atoms in total. The fraction of sp³-hybridized carbons (Fsp3) is 0.526. The van der Waals surface area contributed by atoms with Gasteiger partial charge < -0.3 is 5.32 Å². The quantitative estimate of drug-likeness (QED) is 0.549. The maximum Gasteiger partial charge on any atom is 0.262 e. The topological polar surface area (TPSA) is 64.0 Å². The van der Waals surface area contributed by atoms with Crippen LogP contribution in [0.5, 0.6) is 0 Å². The number of nitrogens with zero attached hydrogens (tertiary/aromatic N) is 2. The number of carbonyl (C=O) groups excluding carboxylic acids is 1. The standard InChI is InChI=1S/C19H27N3O2S/c1-4-5-12-22-18(24)15-8-6-7-9-16(15)21-19(22)25-13-17(23)20-11-10-14(2)3/h6-9,14H,4-5,10-13H2,1-3H3,(H,20,23). The molecule has 1 N–H and O–H groups in total. The molecule has 0 bridgehead atoms. The van der Waals surface area contributed by atoms with Gasteiger partial charge in [0.2, 0.25) is 5.91 Å². The van der Waals surface area contributed by atoms with Crippen LogP contribution in [0.1, 0.15) is 40.0 Å². The van der Waals surface area contributed by atoms with E-state index in [1.165, 1.54) is 11.8 Å². The molecule has 0 aliphatic carbocycles. The second-order valence-corrected chi connectivity index (χ2v) is 7.49. The molecule has 25 heavy (non-hydrogen) atoms. The van der Waals surface area contributed by atoms with Gasteiger partial charge in [-0.25, -0.2) is 4.98 Å². The van der Waals surface area contributed by atoms with Gasteiger partial charge in [0.15, 0.2) is 5.16 Å². The molecule has 1 aromatic carbocycles. The van der Waals surface area contributed by atoms with Gasteiger partial charge in [-0.3, -0.25) is 14.2 Å². The molecule has 2 rings (SSSR count). The number of carbonyl (C=O) groups is 1. The van der Waals surface area contributed by atoms with Gasteiger partial charge in [0.25, 0.3) is 5.56 Å². The normalized spacial score (nSPS) is 11.2. The number of thioether (sulfide) groups is 1. The van der Waals surface area contributed by atoms with Crippen molar-refractivity contribution in [2.24, 2.45) is 5.92 Å². The molecule has 2 aromatic rings. The molecule has 0 atom stereocenters. The smallest absolute Gasteiger partial charge is 0.262 e. The Kier molecular flexibility index (Phi) is 7.50. The van der Waals surface area contributed by atoms with Gasteiger partial charge in [-0.15, -0.1) is 0 Å². The largest absolute Gasteiger partial charge is 0.355 e. The summed E-state index contributed by atoms with van der Waals surface area (Å²) in [5.74, 6) is 0.819. The molecule has 0 saturated carbocycles. The number of fused-ring (bicyclic) bond motifs is 1. The van der Waals surface area contributed by atoms with Crippen molar-refractivity contribution in [1.29, 1.82) is 0 Å². The van der Waals surface area contributed by atoms with Crippen LogP contribution in [0.15, 0.2) is 34.2 Å². The molecular weight excluding hydrogens is 334 g/mol. The van der Waals surface area contributed by atoms with E-state index < -0.39 is 0 Å². The maximum atomic E-state index is 12.8. The fourth-order valence-electron chi connectivity index (χ4n) is 2.45. The fourth-order valence-corrected chi connectivity index (χ4v) is 3.31. The molecule has 0 spiro atoms. The van der Waals surface area contributed by atoms with E-state index in [-0.39, 0.29) is 17.2 Å². The van der Waals surface area contributed by atoms with E-state index in [1.54, 1.807) is 10.6 Å². The van der Waals surface area contributed by atoms with E-state index in [2.05, 4.69) is 31.1 Å². The summed E-state index contributed by atoms with van der Waals surface area (Å²) < 4.78 is 1.71. The van der Waals surface area contributed by atoms with E-state index in [4.69, 9.17) is 0 Å². The Balaban J connectivity index is 2.15. The number of aromatic nitrogens is 2. The van der Waals surface area contributed by atoms with E-state index in [0.29, 0.717) is 35.1 Å². The van der Waals surface area contributed by atoms with Crippen molar-refractivity contribution in [2.75, 3.05) is 12.3 Å². The first-order chi connectivity index (χ1) is 12.0. The number of nitrogens with one attached hydrogen (secondary N) is 1. The Morgan fingerprint density at radius 2 is 2.08 bits per heavy atom. The van der Waals surface area contributed by atoms with Crippen molar-refractivity contribution in [3.63, 3.8) is 0 Å². The highest BCUT2D eigenvalue weighted by Crippen LogP contribution is 2.18. The zero-order chi connectivity index (χ0) is 18.2. The molecule has 0 saturated heterocycles. The molecule has 0 unspecified atom stereocenters. The van der Waals surface area contributed by atoms with Crippen LogP contribution < -0.4 is 10.9 Å². The van der Waals surface area contributed by atoms with Gasteiger partial charge in [0.1, 0.15) is 0 Å². The van der Waals surface area contributed by atoms with Crippen molar-refractivity contribution in [3.8, 4) is 0 Å². The molecular formula is C19H27N3O2S. The molecule has 1 aromatic heterocycles. The van der Waals surface area contributed by atoms with Gasteiger partial charge in [-0.2, -0.15) is 0 Å². The minimum atomic E-state index is -0.0261. The predicted molar refractivity (Wildman–Crippen MR) is 104 cm³/mol. The number of unbranched alkanes of at least 4 members (excludes halogenated alkanes) is 1. The lowest BCUT2D eigenvalue weighted by molar-refractivity contribution is -0.118. The first kappa shape index (κ1) is 19.5. The van der Waals surface area contributed by atoms with Crippen LogP contribution in [0.2, 0.25) is 0 Å². The maximum absolute atomic E-state index is 12.8. The summed E-state index contributed by atoms with van der Waals surface area (Å²) in [5, 5.41) is 4.17. The molecule has 1 heterocycles. The zero-order valence-corrected chi connectivity index (χ0v) is 16.1. The monoisotopic (exact) mass is 361 g/mol. The van der Waals surface area contributed by atoms with Gasteiger partial charge in [-0.1, -0.05) is 51.1 Å². The second kappa shape index (κ2) is 9.61. The Hall–Kier alpha value is -1.82. The van der Waals surface area contributed by atoms with Gasteiger partial charge in [-0.05, 0) is 30.9 Å². The third-order valence-electron chi connectivity index (χ3n) is 3.94. The van der Waals surface area contributed by atoms with Crippen LogP contribution in [-0.2, 0) is 11.3 Å². The lowest BCUT2D eigenvalue weighted by Gasteiger charge is -2.13. The van der Waals surface area contributed by atoms with Crippen molar-refractivity contribution in [1.82, 2.24) is 14.9 Å². The van der Waals surface area contributed by atoms with E-state index >= 15 is 0 Å². The summed E-state index contributed by atoms with van der Waals surface area (Å²) in [6, 6.07) is 7.37. The van der Waals surface area contributed by atoms with Crippen molar-refractivity contribution in [2.45, 2.75) is 51.7 Å². The summed E-state index contributed by atoms with van der Waals surface area (Å²) in [6.45, 7) is 7.67. The van der Waals surface area contributed by atoms with Crippen LogP contribution in [0.3, 0.4) is 0 Å². The van der Waals surface area contributed by atoms with Crippen molar-refractivity contribution in [3.05, 3.63) is 34.6 Å². The molecule has 0 fully saturated rings. The van der Waals surface area contributed by atoms with Crippen LogP contribution in [-0.4, -0.2) is 27.8 Å². The Bertz CT molecular complexity index is 771. The van der Waals surface area contributed by atoms with Crippen LogP contribution in [0, 0.1) is 5.92 Å². The number of rotatable bonds is 9. The SMILES string of the molecule is CCCCn1c(SCC(=O)NCCC(C)C)nc2ccccc2c1=O. The van der Waals surface area contributed by atoms with Crippen LogP contribution in [0.4, 0.5) is 0 Å².